The van der Waals surface area contributed by atoms with Crippen LogP contribution in [-0.4, -0.2) is 31.7 Å². The normalized spacial score (nSPS) is 23.4. The molecule has 8 heteroatoms. The molecule has 0 bridgehead atoms. The minimum absolute atomic E-state index is 0.0278. The third-order valence-electron chi connectivity index (χ3n) is 3.91. The molecule has 1 aliphatic heterocycles. The third-order valence-corrected chi connectivity index (χ3v) is 5.75. The van der Waals surface area contributed by atoms with Crippen LogP contribution in [0.4, 0.5) is 4.39 Å². The van der Waals surface area contributed by atoms with Crippen molar-refractivity contribution >= 4 is 15.9 Å². The number of carbonyl (C=O) groups is 1. The molecule has 21 heavy (non-hydrogen) atoms. The molecule has 1 aliphatic rings. The van der Waals surface area contributed by atoms with Crippen molar-refractivity contribution < 1.29 is 17.6 Å². The van der Waals surface area contributed by atoms with Gasteiger partial charge in [-0.3, -0.25) is 4.79 Å². The summed E-state index contributed by atoms with van der Waals surface area (Å²) in [5.74, 6) is -1.07. The SMILES string of the molecule is CC1(C(N)=O)CCN(S(=O)(=O)c2ccc(F)c(CN)c2)C1. The smallest absolute Gasteiger partial charge is 0.243 e. The first-order valence-electron chi connectivity index (χ1n) is 6.49. The van der Waals surface area contributed by atoms with Gasteiger partial charge in [-0.05, 0) is 31.5 Å². The molecule has 0 aromatic heterocycles. The maximum Gasteiger partial charge on any atom is 0.243 e. The maximum absolute atomic E-state index is 13.4. The monoisotopic (exact) mass is 315 g/mol. The number of rotatable bonds is 4. The molecule has 1 aromatic rings. The Bertz CT molecular complexity index is 677. The Kier molecular flexibility index (Phi) is 4.05. The summed E-state index contributed by atoms with van der Waals surface area (Å²) in [5.41, 5.74) is 9.97. The second-order valence-corrected chi connectivity index (χ2v) is 7.41. The van der Waals surface area contributed by atoms with E-state index in [1.165, 1.54) is 16.4 Å². The van der Waals surface area contributed by atoms with E-state index in [2.05, 4.69) is 0 Å². The number of hydrogen-bond donors (Lipinski definition) is 2. The van der Waals surface area contributed by atoms with Crippen molar-refractivity contribution in [2.24, 2.45) is 16.9 Å². The Hall–Kier alpha value is -1.51. The number of hydrogen-bond acceptors (Lipinski definition) is 4. The first-order chi connectivity index (χ1) is 9.70. The summed E-state index contributed by atoms with van der Waals surface area (Å²) >= 11 is 0. The van der Waals surface area contributed by atoms with Crippen LogP contribution in [0.5, 0.6) is 0 Å². The highest BCUT2D eigenvalue weighted by atomic mass is 32.2. The summed E-state index contributed by atoms with van der Waals surface area (Å²) in [5, 5.41) is 0. The third kappa shape index (κ3) is 2.78. The molecule has 4 N–H and O–H groups in total. The molecule has 1 amide bonds. The van der Waals surface area contributed by atoms with Crippen molar-refractivity contribution in [3.05, 3.63) is 29.6 Å². The van der Waals surface area contributed by atoms with Gasteiger partial charge in [0.25, 0.3) is 0 Å². The van der Waals surface area contributed by atoms with Gasteiger partial charge in [0.05, 0.1) is 10.3 Å². The number of sulfonamides is 1. The van der Waals surface area contributed by atoms with Gasteiger partial charge in [0, 0.05) is 25.2 Å². The summed E-state index contributed by atoms with van der Waals surface area (Å²) in [6.07, 6.45) is 0.368. The molecular formula is C13H18FN3O3S. The van der Waals surface area contributed by atoms with Crippen molar-refractivity contribution in [1.82, 2.24) is 4.31 Å². The zero-order valence-corrected chi connectivity index (χ0v) is 12.5. The fraction of sp³-hybridized carbons (Fsp3) is 0.462. The highest BCUT2D eigenvalue weighted by Crippen LogP contribution is 2.33. The molecular weight excluding hydrogens is 297 g/mol. The fourth-order valence-corrected chi connectivity index (χ4v) is 3.96. The summed E-state index contributed by atoms with van der Waals surface area (Å²) in [7, 11) is -3.79. The van der Waals surface area contributed by atoms with Crippen molar-refractivity contribution in [1.29, 1.82) is 0 Å². The van der Waals surface area contributed by atoms with Gasteiger partial charge in [0.2, 0.25) is 15.9 Å². The number of halogens is 1. The Morgan fingerprint density at radius 3 is 2.67 bits per heavy atom. The van der Waals surface area contributed by atoms with E-state index in [9.17, 15) is 17.6 Å². The number of amides is 1. The van der Waals surface area contributed by atoms with Gasteiger partial charge in [0.1, 0.15) is 5.82 Å². The van der Waals surface area contributed by atoms with Crippen LogP contribution < -0.4 is 11.5 Å². The van der Waals surface area contributed by atoms with Gasteiger partial charge < -0.3 is 11.5 Å². The molecule has 116 valence electrons. The average Bonchev–Trinajstić information content (AvgIpc) is 2.84. The van der Waals surface area contributed by atoms with Crippen molar-refractivity contribution in [2.75, 3.05) is 13.1 Å². The van der Waals surface area contributed by atoms with Crippen LogP contribution in [-0.2, 0) is 21.4 Å². The fourth-order valence-electron chi connectivity index (χ4n) is 2.34. The number of nitrogens with two attached hydrogens (primary N) is 2. The lowest BCUT2D eigenvalue weighted by Crippen LogP contribution is -2.38. The molecule has 0 aliphatic carbocycles. The Morgan fingerprint density at radius 2 is 2.14 bits per heavy atom. The predicted octanol–water partition coefficient (Wildman–Crippen LogP) is 0.170. The van der Waals surface area contributed by atoms with Crippen molar-refractivity contribution in [3.8, 4) is 0 Å². The number of nitrogens with zero attached hydrogens (tertiary/aromatic N) is 1. The highest BCUT2D eigenvalue weighted by Gasteiger charge is 2.43. The van der Waals surface area contributed by atoms with Gasteiger partial charge in [0.15, 0.2) is 0 Å². The molecule has 0 spiro atoms. The lowest BCUT2D eigenvalue weighted by molar-refractivity contribution is -0.126. The van der Waals surface area contributed by atoms with Crippen molar-refractivity contribution in [3.63, 3.8) is 0 Å². The summed E-state index contributed by atoms with van der Waals surface area (Å²) in [6, 6.07) is 3.51. The molecule has 1 atom stereocenters. The van der Waals surface area contributed by atoms with E-state index >= 15 is 0 Å². The second-order valence-electron chi connectivity index (χ2n) is 5.47. The van der Waals surface area contributed by atoms with Crippen LogP contribution in [0.15, 0.2) is 23.1 Å². The molecule has 6 nitrogen and oxygen atoms in total. The van der Waals surface area contributed by atoms with Gasteiger partial charge in [-0.2, -0.15) is 4.31 Å². The molecule has 0 saturated carbocycles. The second kappa shape index (κ2) is 5.36. The van der Waals surface area contributed by atoms with Crippen LogP contribution in [0.25, 0.3) is 0 Å². The van der Waals surface area contributed by atoms with Crippen molar-refractivity contribution in [2.45, 2.75) is 24.8 Å². The van der Waals surface area contributed by atoms with Gasteiger partial charge >= 0.3 is 0 Å². The molecule has 1 aromatic carbocycles. The quantitative estimate of drug-likeness (QED) is 0.826. The van der Waals surface area contributed by atoms with Gasteiger partial charge in [-0.15, -0.1) is 0 Å². The standard InChI is InChI=1S/C13H18FN3O3S/c1-13(12(16)18)4-5-17(8-13)21(19,20)10-2-3-11(14)9(6-10)7-15/h2-3,6H,4-5,7-8,15H2,1H3,(H2,16,18). The van der Waals surface area contributed by atoms with E-state index in [-0.39, 0.29) is 30.1 Å². The average molecular weight is 315 g/mol. The molecule has 0 radical (unpaired) electrons. The first-order valence-corrected chi connectivity index (χ1v) is 7.93. The summed E-state index contributed by atoms with van der Waals surface area (Å²) < 4.78 is 39.7. The van der Waals surface area contributed by atoms with Gasteiger partial charge in [-0.1, -0.05) is 0 Å². The maximum atomic E-state index is 13.4. The minimum atomic E-state index is -3.79. The van der Waals surface area contributed by atoms with E-state index in [1.807, 2.05) is 0 Å². The number of benzene rings is 1. The molecule has 1 heterocycles. The van der Waals surface area contributed by atoms with E-state index in [0.717, 1.165) is 6.07 Å². The van der Waals surface area contributed by atoms with Crippen LogP contribution in [0.2, 0.25) is 0 Å². The summed E-state index contributed by atoms with van der Waals surface area (Å²) in [4.78, 5) is 11.4. The van der Waals surface area contributed by atoms with Crippen LogP contribution in [0, 0.1) is 11.2 Å². The number of primary amides is 1. The van der Waals surface area contributed by atoms with Crippen LogP contribution >= 0.6 is 0 Å². The van der Waals surface area contributed by atoms with E-state index in [0.29, 0.717) is 6.42 Å². The lowest BCUT2D eigenvalue weighted by atomic mass is 9.89. The Morgan fingerprint density at radius 1 is 1.48 bits per heavy atom. The highest BCUT2D eigenvalue weighted by molar-refractivity contribution is 7.89. The zero-order chi connectivity index (χ0) is 15.8. The van der Waals surface area contributed by atoms with E-state index in [1.54, 1.807) is 6.92 Å². The topological polar surface area (TPSA) is 106 Å². The lowest BCUT2D eigenvalue weighted by Gasteiger charge is -2.21. The van der Waals surface area contributed by atoms with Crippen LogP contribution in [0.1, 0.15) is 18.9 Å². The Balaban J connectivity index is 2.34. The largest absolute Gasteiger partial charge is 0.369 e. The molecule has 1 unspecified atom stereocenters. The number of carbonyl (C=O) groups excluding carboxylic acids is 1. The van der Waals surface area contributed by atoms with Gasteiger partial charge in [-0.25, -0.2) is 12.8 Å². The molecule has 1 saturated heterocycles. The Labute approximate surface area is 123 Å². The van der Waals surface area contributed by atoms with Crippen LogP contribution in [0.3, 0.4) is 0 Å². The molecule has 1 fully saturated rings. The van der Waals surface area contributed by atoms with E-state index < -0.39 is 27.2 Å². The summed E-state index contributed by atoms with van der Waals surface area (Å²) in [6.45, 7) is 1.78. The first kappa shape index (κ1) is 15.9. The van der Waals surface area contributed by atoms with E-state index in [4.69, 9.17) is 11.5 Å². The zero-order valence-electron chi connectivity index (χ0n) is 11.7. The molecule has 2 rings (SSSR count). The predicted molar refractivity (Wildman–Crippen MR) is 75.0 cm³/mol. The minimum Gasteiger partial charge on any atom is -0.369 e.